The van der Waals surface area contributed by atoms with Crippen molar-refractivity contribution in [3.63, 3.8) is 0 Å². The monoisotopic (exact) mass is 1060 g/mol. The van der Waals surface area contributed by atoms with Crippen LogP contribution in [-0.4, -0.2) is 167 Å². The third-order valence-electron chi connectivity index (χ3n) is 10.5. The maximum Gasteiger partial charge on any atom is 0.327 e. The topological polar surface area (TPSA) is 445 Å². The average Bonchev–Trinajstić information content (AvgIpc) is 3.32. The Morgan fingerprint density at radius 3 is 1.55 bits per heavy atom. The van der Waals surface area contributed by atoms with Crippen LogP contribution in [0.25, 0.3) is 0 Å². The molecule has 0 spiro atoms. The number of nitrogens with two attached hydrogens (primary N) is 5. The molecule has 0 saturated carbocycles. The van der Waals surface area contributed by atoms with Gasteiger partial charge in [-0.05, 0) is 44.1 Å². The Balaban J connectivity index is 3.19. The number of aliphatic imine (C=N–C) groups is 2. The Bertz CT molecular complexity index is 2000. The summed E-state index contributed by atoms with van der Waals surface area (Å²) >= 11 is 12.3. The lowest BCUT2D eigenvalue weighted by molar-refractivity contribution is -0.141. The fourth-order valence-electron chi connectivity index (χ4n) is 6.28. The molecule has 1 aromatic rings. The second kappa shape index (κ2) is 33.5. The van der Waals surface area contributed by atoms with Gasteiger partial charge >= 0.3 is 5.97 Å². The van der Waals surface area contributed by atoms with Gasteiger partial charge in [-0.2, -0.15) is 37.9 Å². The first kappa shape index (κ1) is 63.0. The maximum absolute atomic E-state index is 13.7. The van der Waals surface area contributed by atoms with Gasteiger partial charge < -0.3 is 81.4 Å². The van der Waals surface area contributed by atoms with Gasteiger partial charge in [-0.3, -0.25) is 48.3 Å². The first-order valence-corrected chi connectivity index (χ1v) is 24.4. The molecule has 0 heterocycles. The number of benzene rings is 1. The van der Waals surface area contributed by atoms with Crippen LogP contribution in [0, 0.1) is 5.92 Å². The number of carboxylic acids is 1. The van der Waals surface area contributed by atoms with Crippen LogP contribution in [-0.2, 0) is 49.6 Å². The highest BCUT2D eigenvalue weighted by atomic mass is 32.1. The number of aliphatic carboxylic acids is 1. The van der Waals surface area contributed by atoms with Crippen molar-refractivity contribution in [1.29, 1.82) is 0 Å². The van der Waals surface area contributed by atoms with E-state index in [9.17, 15) is 53.4 Å². The van der Waals surface area contributed by atoms with Crippen LogP contribution in [0.1, 0.15) is 58.4 Å². The fourth-order valence-corrected chi connectivity index (χ4v) is 7.04. The lowest BCUT2D eigenvalue weighted by Crippen LogP contribution is -2.62. The van der Waals surface area contributed by atoms with Crippen molar-refractivity contribution in [3.8, 4) is 0 Å². The molecule has 10 unspecified atom stereocenters. The van der Waals surface area contributed by atoms with E-state index in [-0.39, 0.29) is 68.0 Å². The van der Waals surface area contributed by atoms with Crippen molar-refractivity contribution in [2.24, 2.45) is 44.6 Å². The summed E-state index contributed by atoms with van der Waals surface area (Å²) in [5.41, 5.74) is 28.1. The first-order valence-electron chi connectivity index (χ1n) is 22.5. The second-order valence-electron chi connectivity index (χ2n) is 16.3. The van der Waals surface area contributed by atoms with Crippen LogP contribution >= 0.6 is 37.9 Å². The quantitative estimate of drug-likeness (QED) is 0.0135. The van der Waals surface area contributed by atoms with E-state index in [1.165, 1.54) is 6.92 Å². The summed E-state index contributed by atoms with van der Waals surface area (Å²) in [7, 11) is 0. The Hall–Kier alpha value is -6.04. The lowest BCUT2D eigenvalue weighted by atomic mass is 9.97. The van der Waals surface area contributed by atoms with Crippen molar-refractivity contribution in [2.75, 3.05) is 36.9 Å². The molecule has 0 aliphatic rings. The molecule has 0 radical (unpaired) electrons. The smallest absolute Gasteiger partial charge is 0.327 e. The van der Waals surface area contributed by atoms with E-state index in [0.29, 0.717) is 18.4 Å². The van der Waals surface area contributed by atoms with Crippen LogP contribution in [0.3, 0.4) is 0 Å². The van der Waals surface area contributed by atoms with Crippen LogP contribution in [0.15, 0.2) is 40.3 Å². The average molecular weight is 1060 g/mol. The maximum atomic E-state index is 13.7. The van der Waals surface area contributed by atoms with E-state index < -0.39 is 120 Å². The normalized spacial score (nSPS) is 15.1. The zero-order chi connectivity index (χ0) is 53.8. The molecule has 1 aromatic carbocycles. The molecule has 10 atom stereocenters. The van der Waals surface area contributed by atoms with E-state index in [4.69, 9.17) is 28.7 Å². The van der Waals surface area contributed by atoms with E-state index in [1.54, 1.807) is 44.2 Å². The van der Waals surface area contributed by atoms with Crippen molar-refractivity contribution in [3.05, 3.63) is 35.9 Å². The Kier molecular flexibility index (Phi) is 29.7. The molecule has 0 bridgehead atoms. The number of carbonyl (C=O) groups is 9. The predicted octanol–water partition coefficient (Wildman–Crippen LogP) is -5.53. The Morgan fingerprint density at radius 1 is 0.592 bits per heavy atom. The van der Waals surface area contributed by atoms with Gasteiger partial charge in [0.2, 0.25) is 47.3 Å². The third kappa shape index (κ3) is 24.1. The van der Waals surface area contributed by atoms with Crippen molar-refractivity contribution < 1.29 is 53.4 Å². The van der Waals surface area contributed by atoms with Gasteiger partial charge in [-0.25, -0.2) is 4.79 Å². The molecule has 0 aliphatic heterocycles. The van der Waals surface area contributed by atoms with E-state index in [2.05, 4.69) is 90.4 Å². The molecule has 26 nitrogen and oxygen atoms in total. The number of thiol groups is 3. The highest BCUT2D eigenvalue weighted by Crippen LogP contribution is 2.11. The lowest BCUT2D eigenvalue weighted by Gasteiger charge is -2.29. The van der Waals surface area contributed by atoms with Gasteiger partial charge in [-0.1, -0.05) is 50.6 Å². The van der Waals surface area contributed by atoms with Crippen LogP contribution < -0.4 is 71.2 Å². The number of guanidine groups is 2. The molecular weight excluding hydrogens is 987 g/mol. The molecule has 8 amide bonds. The molecule has 0 aliphatic carbocycles. The number of aliphatic hydroxyl groups excluding tert-OH is 1. The Labute approximate surface area is 428 Å². The van der Waals surface area contributed by atoms with Crippen LogP contribution in [0.2, 0.25) is 0 Å². The molecule has 0 fully saturated rings. The Morgan fingerprint density at radius 2 is 1.06 bits per heavy atom. The second-order valence-corrected chi connectivity index (χ2v) is 17.4. The summed E-state index contributed by atoms with van der Waals surface area (Å²) in [6.07, 6.45) is -0.698. The molecule has 0 aromatic heterocycles. The van der Waals surface area contributed by atoms with Crippen molar-refractivity contribution in [1.82, 2.24) is 42.5 Å². The van der Waals surface area contributed by atoms with Gasteiger partial charge in [-0.15, -0.1) is 0 Å². The zero-order valence-corrected chi connectivity index (χ0v) is 42.5. The van der Waals surface area contributed by atoms with Gasteiger partial charge in [0, 0.05) is 36.8 Å². The molecule has 20 N–H and O–H groups in total. The largest absolute Gasteiger partial charge is 0.480 e. The minimum absolute atomic E-state index is 0.0151. The number of hydrogen-bond donors (Lipinski definition) is 18. The number of amides is 8. The minimum Gasteiger partial charge on any atom is -0.480 e. The summed E-state index contributed by atoms with van der Waals surface area (Å²) in [6, 6.07) is -2.21. The molecule has 71 heavy (non-hydrogen) atoms. The molecule has 1 rings (SSSR count). The number of nitrogens with one attached hydrogen (secondary N) is 8. The molecule has 29 heteroatoms. The van der Waals surface area contributed by atoms with Crippen LogP contribution in [0.5, 0.6) is 0 Å². The third-order valence-corrected chi connectivity index (χ3v) is 11.6. The number of aliphatic hydroxyl groups is 1. The summed E-state index contributed by atoms with van der Waals surface area (Å²) in [4.78, 5) is 126. The van der Waals surface area contributed by atoms with Crippen molar-refractivity contribution >= 4 is 103 Å². The van der Waals surface area contributed by atoms with Gasteiger partial charge in [0.1, 0.15) is 42.3 Å². The highest BCUT2D eigenvalue weighted by molar-refractivity contribution is 7.80. The fraction of sp³-hybridized carbons (Fsp3) is 0.595. The van der Waals surface area contributed by atoms with E-state index in [0.717, 1.165) is 0 Å². The molecule has 0 saturated heterocycles. The number of carbonyl (C=O) groups excluding carboxylic acids is 8. The van der Waals surface area contributed by atoms with Gasteiger partial charge in [0.05, 0.1) is 18.7 Å². The molecular formula is C42H71N15O11S3. The minimum atomic E-state index is -1.73. The van der Waals surface area contributed by atoms with Crippen molar-refractivity contribution in [2.45, 2.75) is 114 Å². The highest BCUT2D eigenvalue weighted by Gasteiger charge is 2.35. The number of hydrogen-bond acceptors (Lipinski definition) is 16. The summed E-state index contributed by atoms with van der Waals surface area (Å²) in [5, 5.41) is 39.7. The molecule has 398 valence electrons. The predicted molar refractivity (Wildman–Crippen MR) is 275 cm³/mol. The summed E-state index contributed by atoms with van der Waals surface area (Å²) in [5.74, 6) is -9.85. The number of carboxylic acid groups (broad SMARTS) is 1. The number of nitrogens with zero attached hydrogens (tertiary/aromatic N) is 2. The summed E-state index contributed by atoms with van der Waals surface area (Å²) in [6.45, 7) is 4.13. The van der Waals surface area contributed by atoms with E-state index >= 15 is 0 Å². The number of rotatable bonds is 33. The summed E-state index contributed by atoms with van der Waals surface area (Å²) < 4.78 is 0. The van der Waals surface area contributed by atoms with Gasteiger partial charge in [0.15, 0.2) is 11.9 Å². The zero-order valence-electron chi connectivity index (χ0n) is 39.8. The van der Waals surface area contributed by atoms with E-state index in [1.807, 2.05) is 0 Å². The van der Waals surface area contributed by atoms with Gasteiger partial charge in [0.25, 0.3) is 0 Å². The SMILES string of the molecule is CCC(C)C(NC(=O)C(CS)NC(=O)C(N)CCCN=C(N)N)C(=O)NC(CS)C(=O)NC(C(=O)NC(CCCN=C(N)N)C(=O)NCC(=O)NC(Cc1ccccc1)C(=O)NC(CS)C(=O)O)C(C)O. The first-order chi connectivity index (χ1) is 33.5. The van der Waals surface area contributed by atoms with Crippen LogP contribution in [0.4, 0.5) is 0 Å². The standard InChI is InChI=1S/C42H71N15O11S3/c1-4-21(2)31(56-36(63)27(18-69)53-33(60)24(43)12-8-14-48-41(44)45)38(65)54-28(19-70)37(64)57-32(22(3)58)39(66)52-25(13-9-15-49-42(46)47)34(61)50-17-30(59)51-26(16-23-10-6-5-7-11-23)35(62)55-29(20-71)40(67)68/h5-7,10-11,21-22,24-29,31-32,58,69-71H,4,8-9,12-20,43H2,1-3H3,(H,50,61)(H,51,59)(H,52,66)(H,53,60)(H,54,65)(H,55,62)(H,56,63)(H,57,64)(H,67,68)(H4,44,45,48)(H4,46,47,49).